The van der Waals surface area contributed by atoms with Crippen molar-refractivity contribution in [2.24, 2.45) is 0 Å². The fourth-order valence-electron chi connectivity index (χ4n) is 2.32. The van der Waals surface area contributed by atoms with E-state index in [-0.39, 0.29) is 18.7 Å². The number of aliphatic hydroxyl groups excluding tert-OH is 1. The highest BCUT2D eigenvalue weighted by Crippen LogP contribution is 2.23. The van der Waals surface area contributed by atoms with E-state index in [0.717, 1.165) is 0 Å². The third-order valence-corrected chi connectivity index (χ3v) is 3.47. The molecule has 122 valence electrons. The molecule has 24 heavy (non-hydrogen) atoms. The van der Waals surface area contributed by atoms with E-state index in [2.05, 4.69) is 10.3 Å². The first-order valence-electron chi connectivity index (χ1n) is 7.46. The lowest BCUT2D eigenvalue weighted by Crippen LogP contribution is -2.30. The Hall–Kier alpha value is -3.12. The Kier molecular flexibility index (Phi) is 4.58. The van der Waals surface area contributed by atoms with Gasteiger partial charge in [0.15, 0.2) is 0 Å². The van der Waals surface area contributed by atoms with E-state index in [1.54, 1.807) is 18.2 Å². The number of pyridine rings is 1. The predicted molar refractivity (Wildman–Crippen MR) is 90.5 cm³/mol. The van der Waals surface area contributed by atoms with Crippen molar-refractivity contribution in [2.45, 2.75) is 0 Å². The van der Waals surface area contributed by atoms with Gasteiger partial charge < -0.3 is 20.1 Å². The van der Waals surface area contributed by atoms with Crippen LogP contribution in [-0.2, 0) is 0 Å². The van der Waals surface area contributed by atoms with Gasteiger partial charge in [-0.25, -0.2) is 0 Å². The predicted octanol–water partition coefficient (Wildman–Crippen LogP) is 2.04. The molecule has 0 unspecified atom stereocenters. The number of aromatic amines is 1. The van der Waals surface area contributed by atoms with Gasteiger partial charge in [0.2, 0.25) is 5.43 Å². The number of rotatable bonds is 5. The Morgan fingerprint density at radius 2 is 1.92 bits per heavy atom. The van der Waals surface area contributed by atoms with Crippen LogP contribution < -0.4 is 15.5 Å². The van der Waals surface area contributed by atoms with Gasteiger partial charge in [-0.1, -0.05) is 18.2 Å². The summed E-state index contributed by atoms with van der Waals surface area (Å²) < 4.78 is 5.72. The molecule has 0 saturated carbocycles. The van der Waals surface area contributed by atoms with Crippen molar-refractivity contribution in [3.8, 4) is 11.5 Å². The van der Waals surface area contributed by atoms with Gasteiger partial charge in [0.25, 0.3) is 5.91 Å². The molecule has 1 amide bonds. The topological polar surface area (TPSA) is 91.4 Å². The molecule has 0 bridgehead atoms. The van der Waals surface area contributed by atoms with Crippen molar-refractivity contribution in [3.05, 3.63) is 70.5 Å². The zero-order chi connectivity index (χ0) is 16.9. The highest BCUT2D eigenvalue weighted by atomic mass is 16.5. The van der Waals surface area contributed by atoms with Gasteiger partial charge in [-0.3, -0.25) is 9.59 Å². The van der Waals surface area contributed by atoms with Crippen LogP contribution in [0.4, 0.5) is 0 Å². The van der Waals surface area contributed by atoms with E-state index in [1.165, 1.54) is 6.20 Å². The number of amides is 1. The standard InChI is InChI=1S/C18H16N2O4/c21-9-8-19-18(23)15-11-20-16-7-6-13(10-14(16)17(15)22)24-12-4-2-1-3-5-12/h1-7,10-11,21H,8-9H2,(H,19,23)(H,20,22). The monoisotopic (exact) mass is 324 g/mol. The van der Waals surface area contributed by atoms with Crippen LogP contribution in [0.2, 0.25) is 0 Å². The molecule has 3 aromatic rings. The third kappa shape index (κ3) is 3.28. The minimum Gasteiger partial charge on any atom is -0.457 e. The summed E-state index contributed by atoms with van der Waals surface area (Å²) in [6.45, 7) is -0.0975. The van der Waals surface area contributed by atoms with Crippen molar-refractivity contribution in [3.63, 3.8) is 0 Å². The van der Waals surface area contributed by atoms with Crippen LogP contribution in [0.1, 0.15) is 10.4 Å². The molecule has 0 atom stereocenters. The SMILES string of the molecule is O=C(NCCO)c1c[nH]c2ccc(Oc3ccccc3)cc2c1=O. The van der Waals surface area contributed by atoms with Gasteiger partial charge in [-0.2, -0.15) is 0 Å². The van der Waals surface area contributed by atoms with Crippen LogP contribution in [0.25, 0.3) is 10.9 Å². The summed E-state index contributed by atoms with van der Waals surface area (Å²) >= 11 is 0. The lowest BCUT2D eigenvalue weighted by atomic mass is 10.1. The molecule has 2 aromatic carbocycles. The normalized spacial score (nSPS) is 10.5. The second-order valence-corrected chi connectivity index (χ2v) is 5.13. The minimum atomic E-state index is -0.526. The smallest absolute Gasteiger partial charge is 0.256 e. The Labute approximate surface area is 137 Å². The molecule has 0 aliphatic carbocycles. The number of para-hydroxylation sites is 1. The average molecular weight is 324 g/mol. The van der Waals surface area contributed by atoms with Crippen LogP contribution >= 0.6 is 0 Å². The van der Waals surface area contributed by atoms with E-state index in [1.807, 2.05) is 30.3 Å². The molecule has 3 N–H and O–H groups in total. The molecule has 0 spiro atoms. The van der Waals surface area contributed by atoms with Gasteiger partial charge in [-0.05, 0) is 30.3 Å². The number of hydrogen-bond donors (Lipinski definition) is 3. The van der Waals surface area contributed by atoms with E-state index in [4.69, 9.17) is 9.84 Å². The van der Waals surface area contributed by atoms with Crippen LogP contribution in [0, 0.1) is 0 Å². The number of aliphatic hydroxyl groups is 1. The molecule has 0 saturated heterocycles. The first kappa shape index (κ1) is 15.8. The quantitative estimate of drug-likeness (QED) is 0.670. The molecule has 0 aliphatic heterocycles. The van der Waals surface area contributed by atoms with Crippen molar-refractivity contribution in [1.82, 2.24) is 10.3 Å². The molecule has 0 fully saturated rings. The van der Waals surface area contributed by atoms with Crippen molar-refractivity contribution >= 4 is 16.8 Å². The Morgan fingerprint density at radius 1 is 1.12 bits per heavy atom. The van der Waals surface area contributed by atoms with Crippen LogP contribution in [-0.4, -0.2) is 29.1 Å². The molecular formula is C18H16N2O4. The lowest BCUT2D eigenvalue weighted by Gasteiger charge is -2.08. The second-order valence-electron chi connectivity index (χ2n) is 5.13. The lowest BCUT2D eigenvalue weighted by molar-refractivity contribution is 0.0943. The first-order valence-corrected chi connectivity index (χ1v) is 7.46. The Morgan fingerprint density at radius 3 is 2.67 bits per heavy atom. The first-order chi connectivity index (χ1) is 11.7. The number of nitrogens with one attached hydrogen (secondary N) is 2. The molecular weight excluding hydrogens is 308 g/mol. The van der Waals surface area contributed by atoms with E-state index < -0.39 is 11.3 Å². The number of hydrogen-bond acceptors (Lipinski definition) is 4. The third-order valence-electron chi connectivity index (χ3n) is 3.47. The molecule has 0 radical (unpaired) electrons. The van der Waals surface area contributed by atoms with Crippen molar-refractivity contribution < 1.29 is 14.6 Å². The molecule has 0 aliphatic rings. The van der Waals surface area contributed by atoms with Gasteiger partial charge in [0, 0.05) is 23.6 Å². The number of benzene rings is 2. The zero-order valence-electron chi connectivity index (χ0n) is 12.8. The van der Waals surface area contributed by atoms with Gasteiger partial charge in [0.1, 0.15) is 17.1 Å². The summed E-state index contributed by atoms with van der Waals surface area (Å²) in [7, 11) is 0. The molecule has 6 heteroatoms. The van der Waals surface area contributed by atoms with Crippen LogP contribution in [0.15, 0.2) is 59.5 Å². The van der Waals surface area contributed by atoms with Crippen LogP contribution in [0.3, 0.4) is 0 Å². The number of fused-ring (bicyclic) bond motifs is 1. The summed E-state index contributed by atoms with van der Waals surface area (Å²) in [5.74, 6) is 0.638. The maximum Gasteiger partial charge on any atom is 0.256 e. The maximum atomic E-state index is 12.5. The summed E-state index contributed by atoms with van der Waals surface area (Å²) in [4.78, 5) is 27.4. The number of H-pyrrole nitrogens is 1. The molecule has 1 heterocycles. The van der Waals surface area contributed by atoms with Gasteiger partial charge in [-0.15, -0.1) is 0 Å². The number of aromatic nitrogens is 1. The van der Waals surface area contributed by atoms with Gasteiger partial charge in [0.05, 0.1) is 6.61 Å². The summed E-state index contributed by atoms with van der Waals surface area (Å²) in [5, 5.41) is 11.6. The average Bonchev–Trinajstić information content (AvgIpc) is 2.61. The maximum absolute atomic E-state index is 12.5. The highest BCUT2D eigenvalue weighted by molar-refractivity contribution is 5.97. The van der Waals surface area contributed by atoms with Gasteiger partial charge >= 0.3 is 0 Å². The van der Waals surface area contributed by atoms with Crippen molar-refractivity contribution in [1.29, 1.82) is 0 Å². The Bertz CT molecular complexity index is 919. The highest BCUT2D eigenvalue weighted by Gasteiger charge is 2.13. The summed E-state index contributed by atoms with van der Waals surface area (Å²) in [6.07, 6.45) is 1.37. The summed E-state index contributed by atoms with van der Waals surface area (Å²) in [5.41, 5.74) is 0.213. The molecule has 3 rings (SSSR count). The van der Waals surface area contributed by atoms with E-state index in [9.17, 15) is 9.59 Å². The Balaban J connectivity index is 1.97. The van der Waals surface area contributed by atoms with E-state index in [0.29, 0.717) is 22.4 Å². The number of ether oxygens (including phenoxy) is 1. The molecule has 1 aromatic heterocycles. The zero-order valence-corrected chi connectivity index (χ0v) is 12.8. The fraction of sp³-hybridized carbons (Fsp3) is 0.111. The van der Waals surface area contributed by atoms with Crippen molar-refractivity contribution in [2.75, 3.05) is 13.2 Å². The fourth-order valence-corrected chi connectivity index (χ4v) is 2.32. The van der Waals surface area contributed by atoms with E-state index >= 15 is 0 Å². The van der Waals surface area contributed by atoms with Crippen LogP contribution in [0.5, 0.6) is 11.5 Å². The number of carbonyl (C=O) groups excluding carboxylic acids is 1. The second kappa shape index (κ2) is 6.97. The number of carbonyl (C=O) groups is 1. The minimum absolute atomic E-state index is 0.00666. The summed E-state index contributed by atoms with van der Waals surface area (Å²) in [6, 6.07) is 14.3. The largest absolute Gasteiger partial charge is 0.457 e. The molecule has 6 nitrogen and oxygen atoms in total.